The highest BCUT2D eigenvalue weighted by molar-refractivity contribution is 5.98. The van der Waals surface area contributed by atoms with E-state index in [9.17, 15) is 14.4 Å². The second-order valence-corrected chi connectivity index (χ2v) is 4.73. The maximum Gasteiger partial charge on any atom is 0.336 e. The summed E-state index contributed by atoms with van der Waals surface area (Å²) >= 11 is 0. The summed E-state index contributed by atoms with van der Waals surface area (Å²) in [6.45, 7) is 1.79. The first-order valence-corrected chi connectivity index (χ1v) is 6.26. The summed E-state index contributed by atoms with van der Waals surface area (Å²) in [5.74, 6) is -1.19. The van der Waals surface area contributed by atoms with Gasteiger partial charge in [-0.05, 0) is 24.6 Å². The third-order valence-corrected chi connectivity index (χ3v) is 2.98. The van der Waals surface area contributed by atoms with Gasteiger partial charge in [-0.3, -0.25) is 9.59 Å². The minimum Gasteiger partial charge on any atom is -0.423 e. The Bertz CT molecular complexity index is 766. The Balaban J connectivity index is 2.25. The van der Waals surface area contributed by atoms with Crippen LogP contribution in [0.3, 0.4) is 0 Å². The van der Waals surface area contributed by atoms with Gasteiger partial charge in [0.25, 0.3) is 0 Å². The molecule has 5 N–H and O–H groups in total. The molecule has 0 aliphatic heterocycles. The van der Waals surface area contributed by atoms with E-state index in [1.165, 1.54) is 12.1 Å². The average molecular weight is 289 g/mol. The molecule has 0 aliphatic rings. The molecule has 0 spiro atoms. The van der Waals surface area contributed by atoms with Crippen LogP contribution in [0.25, 0.3) is 11.0 Å². The van der Waals surface area contributed by atoms with Crippen molar-refractivity contribution in [3.63, 3.8) is 0 Å². The Kier molecular flexibility index (Phi) is 4.04. The van der Waals surface area contributed by atoms with E-state index >= 15 is 0 Å². The van der Waals surface area contributed by atoms with E-state index < -0.39 is 23.5 Å². The van der Waals surface area contributed by atoms with Crippen molar-refractivity contribution in [3.05, 3.63) is 40.2 Å². The van der Waals surface area contributed by atoms with Crippen LogP contribution in [0, 0.1) is 6.92 Å². The lowest BCUT2D eigenvalue weighted by atomic mass is 10.1. The lowest BCUT2D eigenvalue weighted by Crippen LogP contribution is -2.38. The Morgan fingerprint density at radius 1 is 1.33 bits per heavy atom. The number of carbonyl (C=O) groups is 2. The second kappa shape index (κ2) is 5.76. The van der Waals surface area contributed by atoms with Crippen molar-refractivity contribution in [1.82, 2.24) is 0 Å². The molecule has 0 fully saturated rings. The maximum absolute atomic E-state index is 11.8. The van der Waals surface area contributed by atoms with Gasteiger partial charge in [0.2, 0.25) is 11.8 Å². The topological polar surface area (TPSA) is 128 Å². The fraction of sp³-hybridized carbons (Fsp3) is 0.214. The van der Waals surface area contributed by atoms with Gasteiger partial charge in [0, 0.05) is 23.2 Å². The summed E-state index contributed by atoms with van der Waals surface area (Å²) < 4.78 is 5.08. The quantitative estimate of drug-likeness (QED) is 0.694. The zero-order valence-electron chi connectivity index (χ0n) is 11.4. The van der Waals surface area contributed by atoms with Crippen LogP contribution >= 0.6 is 0 Å². The highest BCUT2D eigenvalue weighted by Gasteiger charge is 2.16. The van der Waals surface area contributed by atoms with Crippen molar-refractivity contribution in [3.8, 4) is 0 Å². The predicted octanol–water partition coefficient (Wildman–Crippen LogP) is 0.243. The second-order valence-electron chi connectivity index (χ2n) is 4.73. The molecule has 2 amide bonds. The van der Waals surface area contributed by atoms with Crippen molar-refractivity contribution >= 4 is 28.5 Å². The number of rotatable bonds is 4. The monoisotopic (exact) mass is 289 g/mol. The molecule has 0 saturated carbocycles. The highest BCUT2D eigenvalue weighted by Crippen LogP contribution is 2.20. The Labute approximate surface area is 119 Å². The molecule has 1 aromatic carbocycles. The third-order valence-electron chi connectivity index (χ3n) is 2.98. The van der Waals surface area contributed by atoms with E-state index in [2.05, 4.69) is 5.32 Å². The van der Waals surface area contributed by atoms with Crippen molar-refractivity contribution < 1.29 is 14.0 Å². The SMILES string of the molecule is Cc1cc(=O)oc2cc(NC(=O)C(N)CC(N)=O)ccc12. The van der Waals surface area contributed by atoms with Crippen molar-refractivity contribution in [1.29, 1.82) is 0 Å². The molecule has 1 unspecified atom stereocenters. The normalized spacial score (nSPS) is 12.1. The van der Waals surface area contributed by atoms with Crippen LogP contribution in [-0.2, 0) is 9.59 Å². The van der Waals surface area contributed by atoms with E-state index in [0.717, 1.165) is 10.9 Å². The molecular weight excluding hydrogens is 274 g/mol. The molecule has 0 aliphatic carbocycles. The molecular formula is C14H15N3O4. The van der Waals surface area contributed by atoms with E-state index in [1.54, 1.807) is 19.1 Å². The zero-order valence-corrected chi connectivity index (χ0v) is 11.4. The Hall–Kier alpha value is -2.67. The van der Waals surface area contributed by atoms with Crippen LogP contribution in [0.2, 0.25) is 0 Å². The number of nitrogens with one attached hydrogen (secondary N) is 1. The first kappa shape index (κ1) is 14.7. The van der Waals surface area contributed by atoms with Gasteiger partial charge in [-0.1, -0.05) is 0 Å². The summed E-state index contributed by atoms with van der Waals surface area (Å²) in [4.78, 5) is 33.9. The first-order valence-electron chi connectivity index (χ1n) is 6.26. The minimum atomic E-state index is -1.03. The van der Waals surface area contributed by atoms with Crippen LogP contribution in [0.15, 0.2) is 33.5 Å². The van der Waals surface area contributed by atoms with Crippen molar-refractivity contribution in [2.75, 3.05) is 5.32 Å². The summed E-state index contributed by atoms with van der Waals surface area (Å²) in [7, 11) is 0. The van der Waals surface area contributed by atoms with Crippen LogP contribution < -0.4 is 22.4 Å². The summed E-state index contributed by atoms with van der Waals surface area (Å²) in [6.07, 6.45) is -0.242. The number of carbonyl (C=O) groups excluding carboxylic acids is 2. The fourth-order valence-corrected chi connectivity index (χ4v) is 1.95. The van der Waals surface area contributed by atoms with Gasteiger partial charge in [0.05, 0.1) is 12.5 Å². The van der Waals surface area contributed by atoms with Gasteiger partial charge in [-0.2, -0.15) is 0 Å². The lowest BCUT2D eigenvalue weighted by Gasteiger charge is -2.11. The van der Waals surface area contributed by atoms with Crippen LogP contribution in [-0.4, -0.2) is 17.9 Å². The maximum atomic E-state index is 11.8. The molecule has 21 heavy (non-hydrogen) atoms. The number of fused-ring (bicyclic) bond motifs is 1. The summed E-state index contributed by atoms with van der Waals surface area (Å²) in [5, 5.41) is 3.32. The largest absolute Gasteiger partial charge is 0.423 e. The van der Waals surface area contributed by atoms with Crippen LogP contribution in [0.4, 0.5) is 5.69 Å². The Morgan fingerprint density at radius 3 is 2.71 bits per heavy atom. The number of benzene rings is 1. The molecule has 2 rings (SSSR count). The van der Waals surface area contributed by atoms with Gasteiger partial charge in [0.1, 0.15) is 5.58 Å². The number of primary amides is 1. The van der Waals surface area contributed by atoms with E-state index in [0.29, 0.717) is 11.3 Å². The number of hydrogen-bond acceptors (Lipinski definition) is 5. The zero-order chi connectivity index (χ0) is 15.6. The fourth-order valence-electron chi connectivity index (χ4n) is 1.95. The van der Waals surface area contributed by atoms with E-state index in [-0.39, 0.29) is 6.42 Å². The standard InChI is InChI=1S/C14H15N3O4/c1-7-4-13(19)21-11-5-8(2-3-9(7)11)17-14(20)10(15)6-12(16)18/h2-5,10H,6,15H2,1H3,(H2,16,18)(H,17,20). The van der Waals surface area contributed by atoms with Crippen LogP contribution in [0.1, 0.15) is 12.0 Å². The van der Waals surface area contributed by atoms with Crippen LogP contribution in [0.5, 0.6) is 0 Å². The van der Waals surface area contributed by atoms with Gasteiger partial charge in [-0.15, -0.1) is 0 Å². The lowest BCUT2D eigenvalue weighted by molar-refractivity contribution is -0.123. The van der Waals surface area contributed by atoms with E-state index in [4.69, 9.17) is 15.9 Å². The molecule has 0 radical (unpaired) electrons. The smallest absolute Gasteiger partial charge is 0.336 e. The number of amides is 2. The van der Waals surface area contributed by atoms with E-state index in [1.807, 2.05) is 0 Å². The van der Waals surface area contributed by atoms with Gasteiger partial charge in [0.15, 0.2) is 0 Å². The number of aryl methyl sites for hydroxylation is 1. The molecule has 0 bridgehead atoms. The molecule has 7 heteroatoms. The van der Waals surface area contributed by atoms with Gasteiger partial charge >= 0.3 is 5.63 Å². The predicted molar refractivity (Wildman–Crippen MR) is 77.6 cm³/mol. The number of hydrogen-bond donors (Lipinski definition) is 3. The van der Waals surface area contributed by atoms with Gasteiger partial charge in [-0.25, -0.2) is 4.79 Å². The average Bonchev–Trinajstić information content (AvgIpc) is 2.37. The Morgan fingerprint density at radius 2 is 2.05 bits per heavy atom. The molecule has 1 heterocycles. The highest BCUT2D eigenvalue weighted by atomic mass is 16.4. The van der Waals surface area contributed by atoms with Gasteiger partial charge < -0.3 is 21.2 Å². The van der Waals surface area contributed by atoms with Crippen molar-refractivity contribution in [2.24, 2.45) is 11.5 Å². The number of nitrogens with two attached hydrogens (primary N) is 2. The summed E-state index contributed by atoms with van der Waals surface area (Å²) in [5.41, 5.74) is 11.6. The molecule has 0 saturated heterocycles. The molecule has 2 aromatic rings. The molecule has 110 valence electrons. The minimum absolute atomic E-state index is 0.242. The summed E-state index contributed by atoms with van der Waals surface area (Å²) in [6, 6.07) is 5.28. The third kappa shape index (κ3) is 3.46. The molecule has 1 atom stereocenters. The first-order chi connectivity index (χ1) is 9.86. The molecule has 7 nitrogen and oxygen atoms in total. The molecule has 1 aromatic heterocycles. The van der Waals surface area contributed by atoms with Crippen molar-refractivity contribution in [2.45, 2.75) is 19.4 Å². The number of anilines is 1.